The Morgan fingerprint density at radius 1 is 0.384 bits per heavy atom. The van der Waals surface area contributed by atoms with E-state index in [1.807, 2.05) is 0 Å². The van der Waals surface area contributed by atoms with Crippen molar-refractivity contribution in [2.24, 2.45) is 58.4 Å². The van der Waals surface area contributed by atoms with Crippen molar-refractivity contribution in [1.29, 1.82) is 0 Å². The molecule has 0 spiro atoms. The van der Waals surface area contributed by atoms with Gasteiger partial charge in [-0.2, -0.15) is 0 Å². The van der Waals surface area contributed by atoms with Crippen LogP contribution < -0.4 is 119 Å². The Morgan fingerprint density at radius 3 is 1.21 bits per heavy atom. The highest BCUT2D eigenvalue weighted by molar-refractivity contribution is 8.13. The number of ether oxygens (including phenoxy) is 1. The summed E-state index contributed by atoms with van der Waals surface area (Å²) in [5, 5.41) is 77.8. The Kier molecular flexibility index (Phi) is 57.6. The number of aliphatic hydroxyl groups excluding tert-OH is 2. The van der Waals surface area contributed by atoms with Gasteiger partial charge in [0.15, 0.2) is 0 Å². The number of carbonyl (C=O) groups is 20. The largest absolute Gasteiger partial charge is 0.508 e. The fourth-order valence-corrected chi connectivity index (χ4v) is 15.8. The molecule has 3 rings (SSSR count). The number of amides is 18. The molecule has 0 unspecified atom stereocenters. The molecule has 0 bridgehead atoms. The molecule has 0 fully saturated rings. The molecule has 818 valence electrons. The van der Waals surface area contributed by atoms with Crippen LogP contribution in [0, 0.1) is 35.5 Å². The van der Waals surface area contributed by atoms with E-state index in [1.54, 1.807) is 120 Å². The van der Waals surface area contributed by atoms with Crippen molar-refractivity contribution in [1.82, 2.24) is 101 Å². The molecule has 0 radical (unpaired) electrons. The standard InChI is InChI=1S/C98H161N23O24S/c1-19-145-76(127)37-41-146-98(144)81(61-33-35-63(124)36-34-61)121-85(131)59(17)107-83(129)57(15)108-89(135)69(42-50(2)3)112-84(130)58(16)106-82(128)56(14)109-90(136)70(43-51(4)5)113-95(141)78(54(10)11)117-75(126)48-104-74(125)47-105-94(140)77(53(8)9)118-91(137)71(44-52(6)7)114-96(142)79(55(12)13)119-92(138)72(45-62-46-103-66-30-21-20-28-64(62)66)115-97(143)80(60(18)123)120-93(139)73(49-122)116-88(134)68(32-24-27-40-101)111-87(133)67(31-23-26-39-100)110-86(132)65(102)29-22-25-38-99/h20-21,28,30,33-36,46,50-60,65,67-73,77-81,103,122-124H,19,22-27,29,31-32,37-45,47-49,99-102H2,1-18H3,(H,104,125)(H,105,140)(H,106,128)(H,107,129)(H,108,135)(H,109,136)(H,110,132)(H,111,133)(H,112,130)(H,113,141)(H,114,142)(H,115,143)(H,116,134)(H,117,126)(H,118,137)(H,119,138)(H,120,139)(H,121,131)/t56-,57-,58-,59-,60+,65-,67-,68-,69-,70-,71-,72-,73-,77-,78-,79-,80-,81-/m0/s1. The highest BCUT2D eigenvalue weighted by Crippen LogP contribution is 2.26. The highest BCUT2D eigenvalue weighted by Gasteiger charge is 2.41. The molecule has 0 aliphatic rings. The molecule has 2 aromatic carbocycles. The summed E-state index contributed by atoms with van der Waals surface area (Å²) in [6.07, 6.45) is 2.76. The van der Waals surface area contributed by atoms with Gasteiger partial charge in [0.2, 0.25) is 111 Å². The van der Waals surface area contributed by atoms with Gasteiger partial charge in [-0.05, 0) is 197 Å². The number of para-hydroxylation sites is 1. The fourth-order valence-electron chi connectivity index (χ4n) is 14.9. The number of thioether (sulfide) groups is 1. The highest BCUT2D eigenvalue weighted by atomic mass is 32.2. The zero-order chi connectivity index (χ0) is 110. The van der Waals surface area contributed by atoms with Crippen LogP contribution in [-0.2, 0) is 107 Å². The van der Waals surface area contributed by atoms with Crippen LogP contribution in [0.3, 0.4) is 0 Å². The number of hydrogen-bond acceptors (Lipinski definition) is 29. The number of phenols is 1. The number of aromatic nitrogens is 1. The number of nitrogens with one attached hydrogen (secondary N) is 19. The molecule has 48 heteroatoms. The molecule has 1 aromatic heterocycles. The first-order valence-electron chi connectivity index (χ1n) is 49.9. The van der Waals surface area contributed by atoms with Gasteiger partial charge in [-0.3, -0.25) is 95.9 Å². The second-order valence-electron chi connectivity index (χ2n) is 38.7. The normalized spacial score (nSPS) is 15.1. The van der Waals surface area contributed by atoms with Gasteiger partial charge >= 0.3 is 5.97 Å². The number of phenolic OH excluding ortho intramolecular Hbond substituents is 1. The van der Waals surface area contributed by atoms with Gasteiger partial charge in [0.25, 0.3) is 0 Å². The third kappa shape index (κ3) is 45.6. The monoisotopic (exact) mass is 2080 g/mol. The van der Waals surface area contributed by atoms with Gasteiger partial charge in [0, 0.05) is 29.3 Å². The van der Waals surface area contributed by atoms with E-state index in [0.717, 1.165) is 18.7 Å². The Balaban J connectivity index is 1.71. The number of esters is 1. The molecular formula is C98H161N23O24S. The van der Waals surface area contributed by atoms with E-state index < -0.39 is 264 Å². The molecule has 18 atom stereocenters. The number of aromatic amines is 1. The molecule has 18 amide bonds. The predicted octanol–water partition coefficient (Wildman–Crippen LogP) is -2.74. The zero-order valence-electron chi connectivity index (χ0n) is 87.2. The van der Waals surface area contributed by atoms with E-state index in [-0.39, 0.29) is 100 Å². The first kappa shape index (κ1) is 128. The number of carbonyl (C=O) groups excluding carboxylic acids is 20. The van der Waals surface area contributed by atoms with Gasteiger partial charge in [0.1, 0.15) is 102 Å². The fraction of sp³-hybridized carbons (Fsp3) is 0.653. The molecule has 0 saturated heterocycles. The van der Waals surface area contributed by atoms with E-state index >= 15 is 0 Å². The maximum Gasteiger partial charge on any atom is 0.306 e. The van der Waals surface area contributed by atoms with Crippen molar-refractivity contribution >= 4 is 140 Å². The molecule has 0 aliphatic heterocycles. The second-order valence-corrected chi connectivity index (χ2v) is 39.8. The molecule has 30 N–H and O–H groups in total. The van der Waals surface area contributed by atoms with Gasteiger partial charge in [0.05, 0.1) is 44.9 Å². The van der Waals surface area contributed by atoms with Gasteiger partial charge in [-0.1, -0.05) is 132 Å². The van der Waals surface area contributed by atoms with Crippen LogP contribution in [0.25, 0.3) is 10.9 Å². The van der Waals surface area contributed by atoms with E-state index in [0.29, 0.717) is 67.1 Å². The first-order chi connectivity index (χ1) is 68.7. The molecule has 146 heavy (non-hydrogen) atoms. The summed E-state index contributed by atoms with van der Waals surface area (Å²) in [4.78, 5) is 280. The number of aromatic hydroxyl groups is 1. The number of aliphatic hydroxyl groups is 2. The maximum atomic E-state index is 14.9. The minimum absolute atomic E-state index is 0.0170. The Labute approximate surface area is 857 Å². The van der Waals surface area contributed by atoms with E-state index in [9.17, 15) is 111 Å². The molecule has 0 saturated carbocycles. The molecule has 3 aromatic rings. The van der Waals surface area contributed by atoms with Gasteiger partial charge in [-0.15, -0.1) is 0 Å². The summed E-state index contributed by atoms with van der Waals surface area (Å²) in [6, 6.07) is -10.9. The summed E-state index contributed by atoms with van der Waals surface area (Å²) >= 11 is 0.769. The van der Waals surface area contributed by atoms with Crippen molar-refractivity contribution in [2.75, 3.05) is 51.7 Å². The minimum atomic E-state index is -1.89. The average Bonchev–Trinajstić information content (AvgIpc) is 1.67. The van der Waals surface area contributed by atoms with Crippen molar-refractivity contribution in [2.45, 2.75) is 323 Å². The number of rotatable bonds is 67. The lowest BCUT2D eigenvalue weighted by Crippen LogP contribution is -2.63. The number of benzene rings is 2. The average molecular weight is 2080 g/mol. The van der Waals surface area contributed by atoms with Gasteiger partial charge < -0.3 is 144 Å². The third-order valence-corrected chi connectivity index (χ3v) is 24.3. The van der Waals surface area contributed by atoms with Crippen LogP contribution in [0.2, 0.25) is 0 Å². The van der Waals surface area contributed by atoms with E-state index in [4.69, 9.17) is 27.7 Å². The molecule has 47 nitrogen and oxygen atoms in total. The Bertz CT molecular complexity index is 4810. The molecule has 0 aliphatic carbocycles. The van der Waals surface area contributed by atoms with Crippen LogP contribution in [0.15, 0.2) is 54.7 Å². The van der Waals surface area contributed by atoms with Crippen molar-refractivity contribution in [3.63, 3.8) is 0 Å². The van der Waals surface area contributed by atoms with Crippen molar-refractivity contribution < 1.29 is 116 Å². The second kappa shape index (κ2) is 65.9. The predicted molar refractivity (Wildman–Crippen MR) is 546 cm³/mol. The lowest BCUT2D eigenvalue weighted by atomic mass is 9.97. The number of hydrogen-bond donors (Lipinski definition) is 26. The zero-order valence-corrected chi connectivity index (χ0v) is 88.1. The summed E-state index contributed by atoms with van der Waals surface area (Å²) in [5.41, 5.74) is 24.7. The summed E-state index contributed by atoms with van der Waals surface area (Å²) in [6.45, 7) is 26.7. The van der Waals surface area contributed by atoms with Crippen LogP contribution in [-0.4, -0.2) is 292 Å². The van der Waals surface area contributed by atoms with Crippen molar-refractivity contribution in [3.05, 3.63) is 65.9 Å². The van der Waals surface area contributed by atoms with E-state index in [1.165, 1.54) is 52.0 Å². The quantitative estimate of drug-likeness (QED) is 0.0201. The minimum Gasteiger partial charge on any atom is -0.508 e. The topological polar surface area (TPSA) is 748 Å². The SMILES string of the molecule is CCOC(=O)CCSC(=O)[C@@H](NC(=O)[C@H](C)NC(=O)[C@H](C)NC(=O)[C@H](CC(C)C)NC(=O)[C@H](C)NC(=O)[C@H](C)NC(=O)[C@H](CC(C)C)NC(=O)[C@@H](NC(=O)CNC(=O)CNC(=O)[C@@H](NC(=O)[C@H](CC(C)C)NC(=O)[C@@H](NC(=O)[C@H](Cc1c[nH]c2ccccc12)NC(=O)[C@@H](NC(=O)[C@H](CO)NC(=O)[C@H](CCCCN)NC(=O)[C@H](CCCCN)NC(=O)[C@@H](N)CCCCN)[C@@H](C)O)C(C)C)C(C)C)C(C)C)c1ccc(O)cc1. The number of H-pyrrole nitrogens is 1. The Morgan fingerprint density at radius 2 is 0.753 bits per heavy atom. The lowest BCUT2D eigenvalue weighted by molar-refractivity contribution is -0.142. The number of unbranched alkanes of at least 4 members (excludes halogenated alkanes) is 3. The van der Waals surface area contributed by atoms with Crippen LogP contribution in [0.5, 0.6) is 5.75 Å². The Hall–Kier alpha value is -12.5. The smallest absolute Gasteiger partial charge is 0.306 e. The number of nitrogens with two attached hydrogens (primary N) is 4. The van der Waals surface area contributed by atoms with Crippen LogP contribution in [0.4, 0.5) is 0 Å². The summed E-state index contributed by atoms with van der Waals surface area (Å²) in [7, 11) is 0. The van der Waals surface area contributed by atoms with Crippen molar-refractivity contribution in [3.8, 4) is 5.75 Å². The lowest BCUT2D eigenvalue weighted by Gasteiger charge is -2.30. The number of fused-ring (bicyclic) bond motifs is 1. The summed E-state index contributed by atoms with van der Waals surface area (Å²) < 4.78 is 4.92. The van der Waals surface area contributed by atoms with E-state index in [2.05, 4.69) is 101 Å². The molecular weight excluding hydrogens is 1920 g/mol. The summed E-state index contributed by atoms with van der Waals surface area (Å²) in [5.74, 6) is -19.0. The van der Waals surface area contributed by atoms with Crippen LogP contribution in [0.1, 0.15) is 225 Å². The maximum absolute atomic E-state index is 14.9. The third-order valence-electron chi connectivity index (χ3n) is 23.3. The van der Waals surface area contributed by atoms with Gasteiger partial charge in [-0.25, -0.2) is 0 Å². The molecule has 1 heterocycles. The van der Waals surface area contributed by atoms with Crippen LogP contribution >= 0.6 is 11.8 Å². The first-order valence-corrected chi connectivity index (χ1v) is 50.9.